The molecule has 1 aliphatic rings. The summed E-state index contributed by atoms with van der Waals surface area (Å²) in [6.45, 7) is 0. The van der Waals surface area contributed by atoms with E-state index in [1.54, 1.807) is 0 Å². The molecule has 1 fully saturated rings. The Labute approximate surface area is 115 Å². The lowest BCUT2D eigenvalue weighted by Crippen LogP contribution is -2.24. The van der Waals surface area contributed by atoms with Crippen molar-refractivity contribution in [1.82, 2.24) is 0 Å². The maximum Gasteiger partial charge on any atom is 0.328 e. The van der Waals surface area contributed by atoms with Crippen LogP contribution in [0.1, 0.15) is 25.7 Å². The largest absolute Gasteiger partial charge is 0.478 e. The predicted octanol–water partition coefficient (Wildman–Crippen LogP) is 1.21. The highest BCUT2D eigenvalue weighted by atomic mass is 16.4. The maximum absolute atomic E-state index is 11.7. The number of carbonyl (C=O) groups is 4. The van der Waals surface area contributed by atoms with Crippen LogP contribution in [0.25, 0.3) is 0 Å². The van der Waals surface area contributed by atoms with Crippen molar-refractivity contribution in [1.29, 1.82) is 0 Å². The highest BCUT2D eigenvalue weighted by Gasteiger charge is 2.27. The van der Waals surface area contributed by atoms with Crippen LogP contribution in [-0.4, -0.2) is 33.7 Å². The van der Waals surface area contributed by atoms with Gasteiger partial charge in [-0.3, -0.25) is 9.59 Å². The van der Waals surface area contributed by atoms with Crippen LogP contribution >= 0.6 is 0 Å². The number of carbonyl (C=O) groups excluding carboxylic acids is 2. The van der Waals surface area contributed by atoms with E-state index >= 15 is 0 Å². The van der Waals surface area contributed by atoms with E-state index in [1.807, 2.05) is 0 Å². The number of allylic oxidation sites excluding steroid dienone is 2. The molecule has 0 atom stereocenters. The second kappa shape index (κ2) is 7.37. The van der Waals surface area contributed by atoms with Crippen LogP contribution in [0.4, 0.5) is 0 Å². The summed E-state index contributed by atoms with van der Waals surface area (Å²) >= 11 is 0. The van der Waals surface area contributed by atoms with E-state index in [-0.39, 0.29) is 23.4 Å². The van der Waals surface area contributed by atoms with Crippen LogP contribution in [0.5, 0.6) is 0 Å². The van der Waals surface area contributed by atoms with Crippen molar-refractivity contribution >= 4 is 23.5 Å². The summed E-state index contributed by atoms with van der Waals surface area (Å²) in [6, 6.07) is 0. The van der Waals surface area contributed by atoms with Crippen molar-refractivity contribution in [2.45, 2.75) is 25.7 Å². The molecular formula is C14H16O6. The molecule has 2 N–H and O–H groups in total. The molecule has 0 saturated heterocycles. The van der Waals surface area contributed by atoms with E-state index in [1.165, 1.54) is 0 Å². The molecule has 0 aliphatic heterocycles. The van der Waals surface area contributed by atoms with E-state index in [9.17, 15) is 19.2 Å². The van der Waals surface area contributed by atoms with Gasteiger partial charge in [0.05, 0.1) is 0 Å². The first-order valence-electron chi connectivity index (χ1n) is 6.30. The summed E-state index contributed by atoms with van der Waals surface area (Å²) in [6.07, 6.45) is 5.80. The van der Waals surface area contributed by atoms with Crippen LogP contribution in [0.2, 0.25) is 0 Å². The first-order chi connectivity index (χ1) is 9.40. The molecule has 0 unspecified atom stereocenters. The summed E-state index contributed by atoms with van der Waals surface area (Å²) < 4.78 is 0. The number of ketones is 2. The zero-order valence-electron chi connectivity index (χ0n) is 10.8. The fraction of sp³-hybridized carbons (Fsp3) is 0.429. The average molecular weight is 280 g/mol. The smallest absolute Gasteiger partial charge is 0.328 e. The minimum Gasteiger partial charge on any atom is -0.478 e. The van der Waals surface area contributed by atoms with Gasteiger partial charge in [0, 0.05) is 24.0 Å². The van der Waals surface area contributed by atoms with Crippen molar-refractivity contribution in [3.63, 3.8) is 0 Å². The minimum atomic E-state index is -1.17. The molecule has 0 radical (unpaired) electrons. The van der Waals surface area contributed by atoms with Gasteiger partial charge in [0.15, 0.2) is 11.6 Å². The van der Waals surface area contributed by atoms with Crippen LogP contribution < -0.4 is 0 Å². The summed E-state index contributed by atoms with van der Waals surface area (Å²) in [4.78, 5) is 44.0. The molecule has 6 heteroatoms. The third kappa shape index (κ3) is 5.17. The monoisotopic (exact) mass is 280 g/mol. The zero-order valence-corrected chi connectivity index (χ0v) is 10.8. The topological polar surface area (TPSA) is 109 Å². The van der Waals surface area contributed by atoms with E-state index in [2.05, 4.69) is 0 Å². The molecule has 0 spiro atoms. The molecule has 108 valence electrons. The number of aliphatic carboxylic acids is 2. The van der Waals surface area contributed by atoms with Gasteiger partial charge < -0.3 is 10.2 Å². The van der Waals surface area contributed by atoms with Gasteiger partial charge >= 0.3 is 11.9 Å². The van der Waals surface area contributed by atoms with Crippen molar-refractivity contribution in [2.24, 2.45) is 11.8 Å². The standard InChI is InChI=1S/C14H16O6/c15-11(5-7-13(17)18)9-1-2-10(4-3-9)12(16)6-8-14(19)20/h5-10H,1-4H2,(H,17,18)(H,19,20). The molecule has 0 amide bonds. The summed E-state index contributed by atoms with van der Waals surface area (Å²) in [5.74, 6) is -3.31. The van der Waals surface area contributed by atoms with Crippen LogP contribution in [0, 0.1) is 11.8 Å². The second-order valence-electron chi connectivity index (χ2n) is 4.70. The summed E-state index contributed by atoms with van der Waals surface area (Å²) in [5, 5.41) is 16.9. The Balaban J connectivity index is 2.47. The number of hydrogen-bond donors (Lipinski definition) is 2. The Kier molecular flexibility index (Phi) is 5.83. The SMILES string of the molecule is O=C(O)C=CC(=O)C1CCC(C(=O)C=CC(=O)O)CC1. The molecular weight excluding hydrogens is 264 g/mol. The zero-order chi connectivity index (χ0) is 15.1. The van der Waals surface area contributed by atoms with Gasteiger partial charge in [-0.2, -0.15) is 0 Å². The Hall–Kier alpha value is -2.24. The molecule has 0 aromatic rings. The lowest BCUT2D eigenvalue weighted by Gasteiger charge is -2.25. The third-order valence-electron chi connectivity index (χ3n) is 3.31. The van der Waals surface area contributed by atoms with Crippen LogP contribution in [0.15, 0.2) is 24.3 Å². The fourth-order valence-corrected chi connectivity index (χ4v) is 2.24. The van der Waals surface area contributed by atoms with Crippen molar-refractivity contribution in [3.05, 3.63) is 24.3 Å². The van der Waals surface area contributed by atoms with Gasteiger partial charge in [0.2, 0.25) is 0 Å². The van der Waals surface area contributed by atoms with E-state index < -0.39 is 11.9 Å². The first kappa shape index (κ1) is 15.8. The van der Waals surface area contributed by atoms with E-state index in [0.717, 1.165) is 24.3 Å². The number of carboxylic acid groups (broad SMARTS) is 2. The first-order valence-corrected chi connectivity index (χ1v) is 6.30. The molecule has 0 aromatic heterocycles. The molecule has 1 aliphatic carbocycles. The fourth-order valence-electron chi connectivity index (χ4n) is 2.24. The molecule has 0 aromatic carbocycles. The number of carboxylic acids is 2. The van der Waals surface area contributed by atoms with Crippen LogP contribution in [-0.2, 0) is 19.2 Å². The van der Waals surface area contributed by atoms with Crippen molar-refractivity contribution in [3.8, 4) is 0 Å². The predicted molar refractivity (Wildman–Crippen MR) is 69.0 cm³/mol. The van der Waals surface area contributed by atoms with Crippen molar-refractivity contribution < 1.29 is 29.4 Å². The van der Waals surface area contributed by atoms with Crippen molar-refractivity contribution in [2.75, 3.05) is 0 Å². The highest BCUT2D eigenvalue weighted by Crippen LogP contribution is 2.30. The Morgan fingerprint density at radius 3 is 1.20 bits per heavy atom. The molecule has 1 saturated carbocycles. The highest BCUT2D eigenvalue weighted by molar-refractivity contribution is 5.98. The van der Waals surface area contributed by atoms with Gasteiger partial charge in [0.25, 0.3) is 0 Å². The van der Waals surface area contributed by atoms with Gasteiger partial charge in [0.1, 0.15) is 0 Å². The number of hydrogen-bond acceptors (Lipinski definition) is 4. The molecule has 20 heavy (non-hydrogen) atoms. The average Bonchev–Trinajstić information content (AvgIpc) is 2.42. The molecule has 0 bridgehead atoms. The van der Waals surface area contributed by atoms with E-state index in [4.69, 9.17) is 10.2 Å². The van der Waals surface area contributed by atoms with Gasteiger partial charge in [-0.05, 0) is 37.8 Å². The lowest BCUT2D eigenvalue weighted by molar-refractivity contribution is -0.132. The lowest BCUT2D eigenvalue weighted by atomic mass is 9.78. The third-order valence-corrected chi connectivity index (χ3v) is 3.31. The summed E-state index contributed by atoms with van der Waals surface area (Å²) in [7, 11) is 0. The molecule has 0 heterocycles. The van der Waals surface area contributed by atoms with Crippen LogP contribution in [0.3, 0.4) is 0 Å². The van der Waals surface area contributed by atoms with Gasteiger partial charge in [-0.1, -0.05) is 0 Å². The Morgan fingerprint density at radius 1 is 0.650 bits per heavy atom. The minimum absolute atomic E-state index is 0.237. The van der Waals surface area contributed by atoms with Gasteiger partial charge in [-0.15, -0.1) is 0 Å². The second-order valence-corrected chi connectivity index (χ2v) is 4.70. The normalized spacial score (nSPS) is 23.0. The molecule has 6 nitrogen and oxygen atoms in total. The Morgan fingerprint density at radius 2 is 0.950 bits per heavy atom. The number of rotatable bonds is 6. The molecule has 1 rings (SSSR count). The quantitative estimate of drug-likeness (QED) is 0.708. The van der Waals surface area contributed by atoms with Gasteiger partial charge in [-0.25, -0.2) is 9.59 Å². The van der Waals surface area contributed by atoms with E-state index in [0.29, 0.717) is 25.7 Å². The Bertz CT molecular complexity index is 422. The maximum atomic E-state index is 11.7. The summed E-state index contributed by atoms with van der Waals surface area (Å²) in [5.41, 5.74) is 0.